The maximum atomic E-state index is 13.7. The lowest BCUT2D eigenvalue weighted by atomic mass is 10.1. The van der Waals surface area contributed by atoms with Crippen LogP contribution in [0.4, 0.5) is 4.39 Å². The van der Waals surface area contributed by atoms with E-state index in [4.69, 9.17) is 9.47 Å². The Morgan fingerprint density at radius 2 is 2.15 bits per heavy atom. The van der Waals surface area contributed by atoms with E-state index >= 15 is 0 Å². The van der Waals surface area contributed by atoms with Crippen LogP contribution in [-0.4, -0.2) is 23.7 Å². The van der Waals surface area contributed by atoms with Crippen molar-refractivity contribution in [3.05, 3.63) is 46.3 Å². The Morgan fingerprint density at radius 1 is 1.35 bits per heavy atom. The van der Waals surface area contributed by atoms with Crippen LogP contribution in [0.1, 0.15) is 12.7 Å². The molecular weight excluding hydrogens is 263 g/mol. The molecule has 0 amide bonds. The van der Waals surface area contributed by atoms with Gasteiger partial charge in [0.1, 0.15) is 12.4 Å². The van der Waals surface area contributed by atoms with E-state index in [1.165, 1.54) is 25.3 Å². The van der Waals surface area contributed by atoms with Crippen LogP contribution in [0.25, 0.3) is 11.3 Å². The minimum Gasteiger partial charge on any atom is -0.494 e. The van der Waals surface area contributed by atoms with Gasteiger partial charge in [-0.2, -0.15) is 0 Å². The number of hydrogen-bond acceptors (Lipinski definition) is 4. The Morgan fingerprint density at radius 3 is 2.80 bits per heavy atom. The first-order valence-electron chi connectivity index (χ1n) is 6.16. The number of methoxy groups -OCH3 is 1. The molecule has 1 heterocycles. The summed E-state index contributed by atoms with van der Waals surface area (Å²) in [6, 6.07) is 5.74. The van der Waals surface area contributed by atoms with Crippen LogP contribution in [0.5, 0.6) is 5.75 Å². The van der Waals surface area contributed by atoms with Crippen molar-refractivity contribution in [3.63, 3.8) is 0 Å². The lowest BCUT2D eigenvalue weighted by Crippen LogP contribution is -2.12. The second kappa shape index (κ2) is 6.29. The summed E-state index contributed by atoms with van der Waals surface area (Å²) in [6.45, 7) is 2.57. The van der Waals surface area contributed by atoms with Crippen molar-refractivity contribution in [3.8, 4) is 17.0 Å². The summed E-state index contributed by atoms with van der Waals surface area (Å²) >= 11 is 0. The van der Waals surface area contributed by atoms with E-state index in [-0.39, 0.29) is 17.9 Å². The highest BCUT2D eigenvalue weighted by atomic mass is 19.1. The third kappa shape index (κ3) is 3.21. The van der Waals surface area contributed by atoms with Gasteiger partial charge in [-0.15, -0.1) is 0 Å². The summed E-state index contributed by atoms with van der Waals surface area (Å²) in [4.78, 5) is 18.4. The van der Waals surface area contributed by atoms with Gasteiger partial charge in [0.15, 0.2) is 11.6 Å². The van der Waals surface area contributed by atoms with E-state index in [0.29, 0.717) is 23.7 Å². The van der Waals surface area contributed by atoms with Crippen molar-refractivity contribution in [1.82, 2.24) is 9.97 Å². The number of halogens is 1. The summed E-state index contributed by atoms with van der Waals surface area (Å²) in [5, 5.41) is 0. The predicted molar refractivity (Wildman–Crippen MR) is 72.1 cm³/mol. The number of nitrogens with zero attached hydrogens (tertiary/aromatic N) is 1. The third-order valence-electron chi connectivity index (χ3n) is 2.68. The zero-order chi connectivity index (χ0) is 14.5. The van der Waals surface area contributed by atoms with Crippen molar-refractivity contribution in [1.29, 1.82) is 0 Å². The van der Waals surface area contributed by atoms with E-state index in [1.54, 1.807) is 6.07 Å². The average molecular weight is 278 g/mol. The minimum atomic E-state index is -0.501. The zero-order valence-electron chi connectivity index (χ0n) is 11.3. The molecule has 0 aliphatic rings. The van der Waals surface area contributed by atoms with Crippen molar-refractivity contribution in [2.45, 2.75) is 13.5 Å². The summed E-state index contributed by atoms with van der Waals surface area (Å²) < 4.78 is 23.7. The topological polar surface area (TPSA) is 64.2 Å². The molecule has 0 spiro atoms. The zero-order valence-corrected chi connectivity index (χ0v) is 11.3. The minimum absolute atomic E-state index is 0.146. The highest BCUT2D eigenvalue weighted by molar-refractivity contribution is 5.60. The normalized spacial score (nSPS) is 10.6. The molecule has 5 nitrogen and oxygen atoms in total. The second-order valence-electron chi connectivity index (χ2n) is 4.06. The fourth-order valence-electron chi connectivity index (χ4n) is 1.75. The number of ether oxygens (including phenoxy) is 2. The van der Waals surface area contributed by atoms with E-state index in [9.17, 15) is 9.18 Å². The van der Waals surface area contributed by atoms with Crippen molar-refractivity contribution in [2.75, 3.05) is 13.7 Å². The maximum Gasteiger partial charge on any atom is 0.251 e. The van der Waals surface area contributed by atoms with Crippen molar-refractivity contribution < 1.29 is 13.9 Å². The van der Waals surface area contributed by atoms with E-state index < -0.39 is 5.82 Å². The lowest BCUT2D eigenvalue weighted by Gasteiger charge is -2.06. The van der Waals surface area contributed by atoms with E-state index in [2.05, 4.69) is 9.97 Å². The maximum absolute atomic E-state index is 13.7. The number of nitrogens with one attached hydrogen (secondary N) is 1. The highest BCUT2D eigenvalue weighted by Crippen LogP contribution is 2.23. The smallest absolute Gasteiger partial charge is 0.251 e. The van der Waals surface area contributed by atoms with Gasteiger partial charge in [-0.3, -0.25) is 4.79 Å². The van der Waals surface area contributed by atoms with Crippen molar-refractivity contribution >= 4 is 0 Å². The molecule has 0 unspecified atom stereocenters. The van der Waals surface area contributed by atoms with Gasteiger partial charge in [0, 0.05) is 18.2 Å². The first-order chi connectivity index (χ1) is 9.63. The molecule has 0 saturated carbocycles. The Kier molecular flexibility index (Phi) is 4.47. The van der Waals surface area contributed by atoms with Crippen molar-refractivity contribution in [2.24, 2.45) is 0 Å². The van der Waals surface area contributed by atoms with Crippen LogP contribution >= 0.6 is 0 Å². The molecule has 0 bridgehead atoms. The molecule has 106 valence electrons. The van der Waals surface area contributed by atoms with Crippen LogP contribution in [0.15, 0.2) is 29.1 Å². The largest absolute Gasteiger partial charge is 0.494 e. The molecule has 0 saturated heterocycles. The Balaban J connectivity index is 2.39. The average Bonchev–Trinajstić information content (AvgIpc) is 2.44. The van der Waals surface area contributed by atoms with Crippen LogP contribution in [0.3, 0.4) is 0 Å². The molecule has 0 fully saturated rings. The van der Waals surface area contributed by atoms with Crippen LogP contribution in [0, 0.1) is 5.82 Å². The molecule has 1 aromatic carbocycles. The fourth-order valence-corrected chi connectivity index (χ4v) is 1.75. The fraction of sp³-hybridized carbons (Fsp3) is 0.286. The third-order valence-corrected chi connectivity index (χ3v) is 2.68. The van der Waals surface area contributed by atoms with Gasteiger partial charge in [0.2, 0.25) is 0 Å². The van der Waals surface area contributed by atoms with Crippen LogP contribution in [-0.2, 0) is 11.3 Å². The predicted octanol–water partition coefficient (Wildman–Crippen LogP) is 2.12. The quantitative estimate of drug-likeness (QED) is 0.910. The van der Waals surface area contributed by atoms with Gasteiger partial charge in [-0.1, -0.05) is 0 Å². The van der Waals surface area contributed by atoms with Gasteiger partial charge in [0.05, 0.1) is 12.8 Å². The SMILES string of the molecule is CCOCc1nc(-c2ccc(OC)c(F)c2)cc(=O)[nH]1. The number of H-pyrrole nitrogens is 1. The number of aromatic nitrogens is 2. The Labute approximate surface area is 115 Å². The second-order valence-corrected chi connectivity index (χ2v) is 4.06. The lowest BCUT2D eigenvalue weighted by molar-refractivity contribution is 0.128. The Hall–Kier alpha value is -2.21. The summed E-state index contributed by atoms with van der Waals surface area (Å²) in [6.07, 6.45) is 0. The molecule has 0 atom stereocenters. The van der Waals surface area contributed by atoms with Crippen LogP contribution in [0.2, 0.25) is 0 Å². The first-order valence-corrected chi connectivity index (χ1v) is 6.16. The molecule has 1 aromatic heterocycles. The van der Waals surface area contributed by atoms with Gasteiger partial charge >= 0.3 is 0 Å². The van der Waals surface area contributed by atoms with Crippen LogP contribution < -0.4 is 10.3 Å². The number of hydrogen-bond donors (Lipinski definition) is 1. The summed E-state index contributed by atoms with van der Waals surface area (Å²) in [7, 11) is 1.39. The first kappa shape index (κ1) is 14.2. The number of aromatic amines is 1. The monoisotopic (exact) mass is 278 g/mol. The van der Waals surface area contributed by atoms with Gasteiger partial charge in [0.25, 0.3) is 5.56 Å². The Bertz CT molecular complexity index is 655. The molecule has 0 aliphatic heterocycles. The summed E-state index contributed by atoms with van der Waals surface area (Å²) in [5.74, 6) is 0.0529. The molecular formula is C14H15FN2O3. The van der Waals surface area contributed by atoms with Gasteiger partial charge in [-0.05, 0) is 25.1 Å². The van der Waals surface area contributed by atoms with Gasteiger partial charge in [-0.25, -0.2) is 9.37 Å². The molecule has 1 N–H and O–H groups in total. The van der Waals surface area contributed by atoms with E-state index in [1.807, 2.05) is 6.92 Å². The highest BCUT2D eigenvalue weighted by Gasteiger charge is 2.08. The molecule has 20 heavy (non-hydrogen) atoms. The molecule has 2 aromatic rings. The molecule has 6 heteroatoms. The van der Waals surface area contributed by atoms with Gasteiger partial charge < -0.3 is 14.5 Å². The molecule has 0 radical (unpaired) electrons. The standard InChI is InChI=1S/C14H15FN2O3/c1-3-20-8-13-16-11(7-14(18)17-13)9-4-5-12(19-2)10(15)6-9/h4-7H,3,8H2,1-2H3,(H,16,17,18). The van der Waals surface area contributed by atoms with E-state index in [0.717, 1.165) is 0 Å². The number of benzene rings is 1. The summed E-state index contributed by atoms with van der Waals surface area (Å²) in [5.41, 5.74) is 0.595. The number of rotatable bonds is 5. The molecule has 2 rings (SSSR count). The molecule has 0 aliphatic carbocycles.